The predicted molar refractivity (Wildman–Crippen MR) is 83.7 cm³/mol. The van der Waals surface area contributed by atoms with Crippen LogP contribution in [0.15, 0.2) is 48.5 Å². The van der Waals surface area contributed by atoms with E-state index in [9.17, 15) is 9.18 Å². The summed E-state index contributed by atoms with van der Waals surface area (Å²) in [6.07, 6.45) is 0. The van der Waals surface area contributed by atoms with Gasteiger partial charge in [0.2, 0.25) is 5.91 Å². The van der Waals surface area contributed by atoms with Crippen molar-refractivity contribution in [3.8, 4) is 0 Å². The van der Waals surface area contributed by atoms with Gasteiger partial charge in [0.15, 0.2) is 0 Å². The minimum absolute atomic E-state index is 0.0753. The van der Waals surface area contributed by atoms with Crippen LogP contribution in [0.3, 0.4) is 0 Å². The molecular weight excluding hydrogens is 267 g/mol. The van der Waals surface area contributed by atoms with Gasteiger partial charge in [0, 0.05) is 17.9 Å². The Bertz CT molecular complexity index is 642. The van der Waals surface area contributed by atoms with Crippen LogP contribution >= 0.6 is 0 Å². The maximum atomic E-state index is 13.3. The molecule has 2 rings (SSSR count). The summed E-state index contributed by atoms with van der Waals surface area (Å²) in [7, 11) is 0. The third-order valence-corrected chi connectivity index (χ3v) is 3.48. The summed E-state index contributed by atoms with van der Waals surface area (Å²) in [5.41, 5.74) is 7.81. The van der Waals surface area contributed by atoms with Gasteiger partial charge in [-0.05, 0) is 49.7 Å². The molecule has 0 spiro atoms. The Labute approximate surface area is 124 Å². The zero-order valence-electron chi connectivity index (χ0n) is 12.2. The van der Waals surface area contributed by atoms with Crippen LogP contribution in [0.1, 0.15) is 25.3 Å². The number of hydrogen-bond acceptors (Lipinski definition) is 2. The highest BCUT2D eigenvalue weighted by Crippen LogP contribution is 2.24. The van der Waals surface area contributed by atoms with Crippen molar-refractivity contribution in [3.05, 3.63) is 59.9 Å². The summed E-state index contributed by atoms with van der Waals surface area (Å²) in [4.78, 5) is 14.2. The second-order valence-corrected chi connectivity index (χ2v) is 4.95. The van der Waals surface area contributed by atoms with Crippen molar-refractivity contribution in [2.75, 3.05) is 17.2 Å². The zero-order valence-corrected chi connectivity index (χ0v) is 12.2. The molecule has 0 saturated carbocycles. The summed E-state index contributed by atoms with van der Waals surface area (Å²) >= 11 is 0. The number of nitrogen functional groups attached to an aromatic ring is 1. The number of carbonyl (C=O) groups excluding carboxylic acids is 1. The van der Waals surface area contributed by atoms with E-state index >= 15 is 0 Å². The van der Waals surface area contributed by atoms with E-state index in [0.717, 1.165) is 5.56 Å². The fourth-order valence-corrected chi connectivity index (χ4v) is 2.31. The smallest absolute Gasteiger partial charge is 0.234 e. The molecule has 0 aromatic heterocycles. The molecule has 110 valence electrons. The van der Waals surface area contributed by atoms with Gasteiger partial charge in [-0.15, -0.1) is 0 Å². The Kier molecular flexibility index (Phi) is 4.58. The fraction of sp³-hybridized carbons (Fsp3) is 0.235. The summed E-state index contributed by atoms with van der Waals surface area (Å²) in [5.74, 6) is -0.763. The topological polar surface area (TPSA) is 46.3 Å². The minimum atomic E-state index is -0.352. The molecule has 0 aliphatic heterocycles. The number of nitrogens with two attached hydrogens (primary N) is 1. The standard InChI is InChI=1S/C17H19FN2O/c1-3-20(16-9-5-7-14(18)11-16)17(21)12(2)13-6-4-8-15(19)10-13/h4-12H,3,19H2,1-2H3. The van der Waals surface area contributed by atoms with E-state index in [-0.39, 0.29) is 17.6 Å². The van der Waals surface area contributed by atoms with Gasteiger partial charge < -0.3 is 10.6 Å². The van der Waals surface area contributed by atoms with Crippen molar-refractivity contribution >= 4 is 17.3 Å². The number of hydrogen-bond donors (Lipinski definition) is 1. The first-order chi connectivity index (χ1) is 10.0. The minimum Gasteiger partial charge on any atom is -0.399 e. The predicted octanol–water partition coefficient (Wildman–Crippen LogP) is 3.56. The molecule has 2 aromatic carbocycles. The van der Waals surface area contributed by atoms with E-state index < -0.39 is 0 Å². The van der Waals surface area contributed by atoms with Crippen LogP contribution in [0.2, 0.25) is 0 Å². The van der Waals surface area contributed by atoms with Gasteiger partial charge in [0.25, 0.3) is 0 Å². The number of carbonyl (C=O) groups is 1. The van der Waals surface area contributed by atoms with Crippen molar-refractivity contribution in [1.82, 2.24) is 0 Å². The lowest BCUT2D eigenvalue weighted by atomic mass is 9.99. The number of amides is 1. The van der Waals surface area contributed by atoms with Gasteiger partial charge in [-0.3, -0.25) is 4.79 Å². The van der Waals surface area contributed by atoms with Crippen LogP contribution in [0.5, 0.6) is 0 Å². The number of halogens is 1. The largest absolute Gasteiger partial charge is 0.399 e. The van der Waals surface area contributed by atoms with E-state index in [0.29, 0.717) is 17.9 Å². The Morgan fingerprint density at radius 2 is 1.95 bits per heavy atom. The Morgan fingerprint density at radius 1 is 1.24 bits per heavy atom. The number of benzene rings is 2. The SMILES string of the molecule is CCN(C(=O)C(C)c1cccc(N)c1)c1cccc(F)c1. The van der Waals surface area contributed by atoms with Crippen LogP contribution in [0.25, 0.3) is 0 Å². The molecule has 2 N–H and O–H groups in total. The molecule has 4 heteroatoms. The highest BCUT2D eigenvalue weighted by molar-refractivity contribution is 5.97. The second-order valence-electron chi connectivity index (χ2n) is 4.95. The van der Waals surface area contributed by atoms with Crippen molar-refractivity contribution in [2.45, 2.75) is 19.8 Å². The molecule has 0 aliphatic carbocycles. The van der Waals surface area contributed by atoms with Crippen LogP contribution in [-0.2, 0) is 4.79 Å². The Balaban J connectivity index is 2.28. The van der Waals surface area contributed by atoms with Crippen molar-refractivity contribution < 1.29 is 9.18 Å². The molecule has 1 unspecified atom stereocenters. The normalized spacial score (nSPS) is 12.0. The van der Waals surface area contributed by atoms with Gasteiger partial charge in [-0.2, -0.15) is 0 Å². The molecular formula is C17H19FN2O. The van der Waals surface area contributed by atoms with Crippen molar-refractivity contribution in [3.63, 3.8) is 0 Å². The van der Waals surface area contributed by atoms with E-state index in [1.54, 1.807) is 29.2 Å². The second kappa shape index (κ2) is 6.39. The molecule has 0 saturated heterocycles. The summed E-state index contributed by atoms with van der Waals surface area (Å²) in [5, 5.41) is 0. The lowest BCUT2D eigenvalue weighted by Crippen LogP contribution is -2.34. The van der Waals surface area contributed by atoms with Crippen molar-refractivity contribution in [1.29, 1.82) is 0 Å². The first kappa shape index (κ1) is 15.0. The zero-order chi connectivity index (χ0) is 15.4. The Morgan fingerprint density at radius 3 is 2.57 bits per heavy atom. The molecule has 0 fully saturated rings. The molecule has 3 nitrogen and oxygen atoms in total. The third-order valence-electron chi connectivity index (χ3n) is 3.48. The summed E-state index contributed by atoms with van der Waals surface area (Å²) in [6.45, 7) is 4.18. The lowest BCUT2D eigenvalue weighted by Gasteiger charge is -2.25. The van der Waals surface area contributed by atoms with Crippen LogP contribution < -0.4 is 10.6 Å². The summed E-state index contributed by atoms with van der Waals surface area (Å²) in [6, 6.07) is 13.3. The van der Waals surface area contributed by atoms with Crippen molar-refractivity contribution in [2.24, 2.45) is 0 Å². The highest BCUT2D eigenvalue weighted by Gasteiger charge is 2.22. The lowest BCUT2D eigenvalue weighted by molar-refractivity contribution is -0.119. The first-order valence-electron chi connectivity index (χ1n) is 6.95. The molecule has 1 amide bonds. The van der Waals surface area contributed by atoms with Crippen LogP contribution in [0, 0.1) is 5.82 Å². The average molecular weight is 286 g/mol. The average Bonchev–Trinajstić information content (AvgIpc) is 2.47. The molecule has 0 heterocycles. The van der Waals surface area contributed by atoms with E-state index in [2.05, 4.69) is 0 Å². The number of nitrogens with zero attached hydrogens (tertiary/aromatic N) is 1. The van der Waals surface area contributed by atoms with E-state index in [1.165, 1.54) is 12.1 Å². The number of rotatable bonds is 4. The molecule has 2 aromatic rings. The maximum absolute atomic E-state index is 13.3. The van der Waals surface area contributed by atoms with Crippen LogP contribution in [0.4, 0.5) is 15.8 Å². The Hall–Kier alpha value is -2.36. The van der Waals surface area contributed by atoms with Gasteiger partial charge >= 0.3 is 0 Å². The van der Waals surface area contributed by atoms with Gasteiger partial charge in [0.05, 0.1) is 5.92 Å². The van der Waals surface area contributed by atoms with Crippen LogP contribution in [-0.4, -0.2) is 12.5 Å². The third kappa shape index (κ3) is 3.40. The maximum Gasteiger partial charge on any atom is 0.234 e. The monoisotopic (exact) mass is 286 g/mol. The van der Waals surface area contributed by atoms with E-state index in [1.807, 2.05) is 26.0 Å². The van der Waals surface area contributed by atoms with Gasteiger partial charge in [0.1, 0.15) is 5.82 Å². The molecule has 21 heavy (non-hydrogen) atoms. The highest BCUT2D eigenvalue weighted by atomic mass is 19.1. The van der Waals surface area contributed by atoms with Gasteiger partial charge in [-0.25, -0.2) is 4.39 Å². The molecule has 0 bridgehead atoms. The van der Waals surface area contributed by atoms with Gasteiger partial charge in [-0.1, -0.05) is 18.2 Å². The molecule has 0 aliphatic rings. The first-order valence-corrected chi connectivity index (χ1v) is 6.95. The molecule has 1 atom stereocenters. The number of anilines is 2. The quantitative estimate of drug-likeness (QED) is 0.873. The fourth-order valence-electron chi connectivity index (χ4n) is 2.31. The molecule has 0 radical (unpaired) electrons. The van der Waals surface area contributed by atoms with E-state index in [4.69, 9.17) is 5.73 Å². The number of likely N-dealkylation sites (N-methyl/N-ethyl adjacent to an activating group) is 1. The summed E-state index contributed by atoms with van der Waals surface area (Å²) < 4.78 is 13.3.